The standard InChI is InChI=1S/C36H20Cl2F2O7/c1-16-6-2-5-9-20(16)27-26(28-24(37)14-23(35(43)44)30(38)29(28)36(45)46)22-13-21(19-11-10-17-7-3-4-8-18(17)12-19)32(42)31(40)33(22)47-34(27)25(39)15-41/h2-15,42H,1H3,(H,43,44)(H,45,46)/b34-25-. The molecular formula is C36H20Cl2F2O7. The van der Waals surface area contributed by atoms with Gasteiger partial charge < -0.3 is 20.1 Å². The number of aromatic carboxylic acids is 2. The van der Waals surface area contributed by atoms with E-state index in [9.17, 15) is 29.7 Å². The summed E-state index contributed by atoms with van der Waals surface area (Å²) < 4.78 is 37.5. The summed E-state index contributed by atoms with van der Waals surface area (Å²) in [5.74, 6) is -8.50. The molecule has 47 heavy (non-hydrogen) atoms. The van der Waals surface area contributed by atoms with Crippen molar-refractivity contribution in [3.05, 3.63) is 140 Å². The van der Waals surface area contributed by atoms with Crippen LogP contribution < -0.4 is 4.74 Å². The quantitative estimate of drug-likeness (QED) is 0.121. The van der Waals surface area contributed by atoms with Gasteiger partial charge in [0.15, 0.2) is 23.5 Å². The van der Waals surface area contributed by atoms with Crippen molar-refractivity contribution in [2.75, 3.05) is 0 Å². The van der Waals surface area contributed by atoms with Crippen molar-refractivity contribution in [2.45, 2.75) is 6.92 Å². The van der Waals surface area contributed by atoms with Crippen molar-refractivity contribution in [1.29, 1.82) is 0 Å². The van der Waals surface area contributed by atoms with Gasteiger partial charge in [-0.25, -0.2) is 9.59 Å². The third-order valence-corrected chi connectivity index (χ3v) is 8.54. The summed E-state index contributed by atoms with van der Waals surface area (Å²) >= 11 is 13.0. The highest BCUT2D eigenvalue weighted by Crippen LogP contribution is 2.54. The van der Waals surface area contributed by atoms with Crippen LogP contribution in [0.2, 0.25) is 10.0 Å². The van der Waals surface area contributed by atoms with Gasteiger partial charge in [0.2, 0.25) is 11.6 Å². The third kappa shape index (κ3) is 5.19. The number of phenolic OH excluding ortho intramolecular Hbond substituents is 1. The van der Waals surface area contributed by atoms with Crippen molar-refractivity contribution >= 4 is 63.3 Å². The van der Waals surface area contributed by atoms with Crippen molar-refractivity contribution in [3.63, 3.8) is 0 Å². The minimum atomic E-state index is -1.70. The maximum absolute atomic E-state index is 16.3. The van der Waals surface area contributed by atoms with Gasteiger partial charge in [0, 0.05) is 27.8 Å². The highest BCUT2D eigenvalue weighted by molar-refractivity contribution is 6.40. The molecule has 0 aliphatic carbocycles. The first kappa shape index (κ1) is 31.5. The highest BCUT2D eigenvalue weighted by Gasteiger charge is 2.38. The van der Waals surface area contributed by atoms with E-state index >= 15 is 8.78 Å². The first-order valence-corrected chi connectivity index (χ1v) is 14.6. The van der Waals surface area contributed by atoms with Crippen LogP contribution in [0.5, 0.6) is 11.5 Å². The van der Waals surface area contributed by atoms with Gasteiger partial charge in [-0.05, 0) is 52.6 Å². The van der Waals surface area contributed by atoms with E-state index in [0.29, 0.717) is 11.1 Å². The van der Waals surface area contributed by atoms with Gasteiger partial charge in [-0.15, -0.1) is 0 Å². The average Bonchev–Trinajstić information content (AvgIpc) is 3.05. The largest absolute Gasteiger partial charge is 0.504 e. The molecule has 1 aliphatic heterocycles. The zero-order valence-electron chi connectivity index (χ0n) is 24.1. The number of halogens is 4. The molecule has 0 fully saturated rings. The molecule has 0 spiro atoms. The monoisotopic (exact) mass is 672 g/mol. The van der Waals surface area contributed by atoms with E-state index in [1.54, 1.807) is 55.5 Å². The van der Waals surface area contributed by atoms with Crippen LogP contribution in [0.15, 0.2) is 90.4 Å². The molecule has 11 heteroatoms. The molecule has 0 radical (unpaired) electrons. The molecule has 5 aromatic carbocycles. The van der Waals surface area contributed by atoms with Crippen LogP contribution >= 0.6 is 23.2 Å². The third-order valence-electron chi connectivity index (χ3n) is 7.85. The van der Waals surface area contributed by atoms with Gasteiger partial charge in [-0.2, -0.15) is 8.78 Å². The molecule has 5 aromatic rings. The smallest absolute Gasteiger partial charge is 0.337 e. The number of fused-ring (bicyclic) bond motifs is 2. The van der Waals surface area contributed by atoms with E-state index < -0.39 is 67.6 Å². The Bertz CT molecular complexity index is 2270. The van der Waals surface area contributed by atoms with Crippen LogP contribution in [-0.4, -0.2) is 33.5 Å². The van der Waals surface area contributed by atoms with Crippen LogP contribution in [0.4, 0.5) is 8.78 Å². The SMILES string of the molecule is Cc1ccccc1C1=C(c2c(Cl)cc(C(=O)O)c(Cl)c2C(=O)O)c2cc(-c3ccc4ccccc4c3)c(O)c(F)c2O/C1=C(\F)C=O. The van der Waals surface area contributed by atoms with Gasteiger partial charge in [0.25, 0.3) is 0 Å². The molecule has 0 atom stereocenters. The summed E-state index contributed by atoms with van der Waals surface area (Å²) in [6, 6.07) is 21.2. The summed E-state index contributed by atoms with van der Waals surface area (Å²) in [4.78, 5) is 36.6. The summed E-state index contributed by atoms with van der Waals surface area (Å²) in [6.45, 7) is 1.66. The molecule has 1 aliphatic rings. The van der Waals surface area contributed by atoms with Crippen LogP contribution in [-0.2, 0) is 4.79 Å². The van der Waals surface area contributed by atoms with Crippen LogP contribution in [0.1, 0.15) is 43.0 Å². The highest BCUT2D eigenvalue weighted by atomic mass is 35.5. The Hall–Kier alpha value is -5.51. The zero-order chi connectivity index (χ0) is 33.7. The van der Waals surface area contributed by atoms with Crippen molar-refractivity contribution in [3.8, 4) is 22.6 Å². The van der Waals surface area contributed by atoms with E-state index in [1.807, 2.05) is 18.2 Å². The molecule has 0 unspecified atom stereocenters. The number of phenols is 1. The number of aryl methyl sites for hydroxylation is 1. The number of allylic oxidation sites excluding steroid dienone is 2. The molecule has 0 saturated carbocycles. The fourth-order valence-corrected chi connectivity index (χ4v) is 6.31. The number of aldehydes is 1. The lowest BCUT2D eigenvalue weighted by Crippen LogP contribution is -2.17. The lowest BCUT2D eigenvalue weighted by Gasteiger charge is -2.30. The Morgan fingerprint density at radius 1 is 0.830 bits per heavy atom. The molecular weight excluding hydrogens is 653 g/mol. The first-order chi connectivity index (χ1) is 22.4. The first-order valence-electron chi connectivity index (χ1n) is 13.8. The molecule has 0 bridgehead atoms. The Balaban J connectivity index is 1.84. The maximum atomic E-state index is 16.3. The van der Waals surface area contributed by atoms with E-state index in [-0.39, 0.29) is 34.1 Å². The number of carbonyl (C=O) groups is 3. The Morgan fingerprint density at radius 2 is 1.51 bits per heavy atom. The lowest BCUT2D eigenvalue weighted by molar-refractivity contribution is -0.106. The van der Waals surface area contributed by atoms with E-state index in [4.69, 9.17) is 27.9 Å². The van der Waals surface area contributed by atoms with Gasteiger partial charge >= 0.3 is 11.9 Å². The predicted molar refractivity (Wildman–Crippen MR) is 173 cm³/mol. The molecule has 234 valence electrons. The number of aromatic hydroxyl groups is 1. The number of carboxylic acids is 2. The normalized spacial score (nSPS) is 13.6. The number of rotatable bonds is 6. The zero-order valence-corrected chi connectivity index (χ0v) is 25.6. The molecule has 3 N–H and O–H groups in total. The van der Waals surface area contributed by atoms with Gasteiger partial charge in [0.1, 0.15) is 0 Å². The van der Waals surface area contributed by atoms with Gasteiger partial charge in [0.05, 0.1) is 21.2 Å². The molecule has 0 saturated heterocycles. The van der Waals surface area contributed by atoms with E-state index in [1.165, 1.54) is 6.07 Å². The maximum Gasteiger partial charge on any atom is 0.337 e. The molecule has 1 heterocycles. The van der Waals surface area contributed by atoms with Gasteiger partial charge in [-0.1, -0.05) is 83.9 Å². The van der Waals surface area contributed by atoms with Crippen LogP contribution in [0, 0.1) is 12.7 Å². The number of carbonyl (C=O) groups excluding carboxylic acids is 1. The fraction of sp³-hybridized carbons (Fsp3) is 0.0278. The van der Waals surface area contributed by atoms with Crippen LogP contribution in [0.3, 0.4) is 0 Å². The predicted octanol–water partition coefficient (Wildman–Crippen LogP) is 9.09. The molecule has 0 amide bonds. The summed E-state index contributed by atoms with van der Waals surface area (Å²) in [5.41, 5.74) is -1.36. The van der Waals surface area contributed by atoms with E-state index in [2.05, 4.69) is 0 Å². The summed E-state index contributed by atoms with van der Waals surface area (Å²) in [6.07, 6.45) is -0.169. The second kappa shape index (κ2) is 12.0. The number of carboxylic acid groups (broad SMARTS) is 2. The Kier molecular flexibility index (Phi) is 8.05. The van der Waals surface area contributed by atoms with Crippen LogP contribution in [0.25, 0.3) is 33.0 Å². The number of hydrogen-bond acceptors (Lipinski definition) is 5. The van der Waals surface area contributed by atoms with Gasteiger partial charge in [-0.3, -0.25) is 4.79 Å². The Morgan fingerprint density at radius 3 is 2.17 bits per heavy atom. The number of benzene rings is 5. The molecule has 6 rings (SSSR count). The topological polar surface area (TPSA) is 121 Å². The fourth-order valence-electron chi connectivity index (χ4n) is 5.70. The summed E-state index contributed by atoms with van der Waals surface area (Å²) in [5, 5.41) is 31.7. The summed E-state index contributed by atoms with van der Waals surface area (Å²) in [7, 11) is 0. The molecule has 0 aromatic heterocycles. The van der Waals surface area contributed by atoms with Crippen molar-refractivity contribution in [2.24, 2.45) is 0 Å². The minimum absolute atomic E-state index is 0.0400. The minimum Gasteiger partial charge on any atom is -0.504 e. The molecule has 7 nitrogen and oxygen atoms in total. The lowest BCUT2D eigenvalue weighted by atomic mass is 9.81. The second-order valence-corrected chi connectivity index (χ2v) is 11.4. The van der Waals surface area contributed by atoms with Crippen molar-refractivity contribution < 1.29 is 43.2 Å². The van der Waals surface area contributed by atoms with E-state index in [0.717, 1.165) is 16.8 Å². The number of hydrogen-bond donors (Lipinski definition) is 3. The second-order valence-electron chi connectivity index (χ2n) is 10.6. The Labute approximate surface area is 275 Å². The average molecular weight is 673 g/mol. The number of ether oxygens (including phenoxy) is 1. The van der Waals surface area contributed by atoms with Crippen molar-refractivity contribution in [1.82, 2.24) is 0 Å².